The number of nitrogens with two attached hydrogens (primary N) is 1. The second kappa shape index (κ2) is 3.74. The molecule has 0 aromatic carbocycles. The maximum Gasteiger partial charge on any atom is 0.252 e. The minimum Gasteiger partial charge on any atom is -0.327 e. The number of hydrogen-bond acceptors (Lipinski definition) is 2. The van der Waals surface area contributed by atoms with Gasteiger partial charge < -0.3 is 10.7 Å². The van der Waals surface area contributed by atoms with Gasteiger partial charge in [-0.2, -0.15) is 0 Å². The monoisotopic (exact) mass is 186 g/mol. The number of aromatic amines is 1. The van der Waals surface area contributed by atoms with E-state index < -0.39 is 0 Å². The SMILES string of the molecule is CCC(N)c1cc(Cl)c[nH]c1=O. The molecule has 0 aliphatic carbocycles. The van der Waals surface area contributed by atoms with Gasteiger partial charge in [0.15, 0.2) is 0 Å². The van der Waals surface area contributed by atoms with Gasteiger partial charge in [0.05, 0.1) is 5.02 Å². The van der Waals surface area contributed by atoms with Crippen LogP contribution in [0.1, 0.15) is 24.9 Å². The maximum absolute atomic E-state index is 11.2. The standard InChI is InChI=1S/C8H11ClN2O/c1-2-7(10)6-3-5(9)4-11-8(6)12/h3-4,7H,2,10H2,1H3,(H,11,12). The van der Waals surface area contributed by atoms with Crippen LogP contribution in [-0.4, -0.2) is 4.98 Å². The summed E-state index contributed by atoms with van der Waals surface area (Å²) in [6, 6.07) is 1.38. The maximum atomic E-state index is 11.2. The molecule has 0 spiro atoms. The van der Waals surface area contributed by atoms with Crippen molar-refractivity contribution in [1.82, 2.24) is 4.98 Å². The Morgan fingerprint density at radius 3 is 3.00 bits per heavy atom. The molecule has 0 bridgehead atoms. The molecule has 1 atom stereocenters. The third kappa shape index (κ3) is 1.87. The highest BCUT2D eigenvalue weighted by molar-refractivity contribution is 6.30. The molecule has 0 radical (unpaired) electrons. The normalized spacial score (nSPS) is 12.9. The molecule has 12 heavy (non-hydrogen) atoms. The Labute approximate surface area is 75.6 Å². The fourth-order valence-corrected chi connectivity index (χ4v) is 1.14. The van der Waals surface area contributed by atoms with Crippen molar-refractivity contribution in [2.24, 2.45) is 5.73 Å². The van der Waals surface area contributed by atoms with Gasteiger partial charge in [-0.1, -0.05) is 18.5 Å². The summed E-state index contributed by atoms with van der Waals surface area (Å²) in [6.07, 6.45) is 2.18. The molecule has 1 rings (SSSR count). The highest BCUT2D eigenvalue weighted by Crippen LogP contribution is 2.12. The van der Waals surface area contributed by atoms with Gasteiger partial charge in [0.25, 0.3) is 5.56 Å². The minimum absolute atomic E-state index is 0.159. The minimum atomic E-state index is -0.229. The Morgan fingerprint density at radius 1 is 1.75 bits per heavy atom. The molecule has 66 valence electrons. The van der Waals surface area contributed by atoms with Crippen molar-refractivity contribution in [1.29, 1.82) is 0 Å². The topological polar surface area (TPSA) is 58.9 Å². The molecule has 1 aromatic rings. The van der Waals surface area contributed by atoms with Crippen molar-refractivity contribution in [2.75, 3.05) is 0 Å². The van der Waals surface area contributed by atoms with Crippen LogP contribution in [0.2, 0.25) is 5.02 Å². The molecule has 0 aliphatic heterocycles. The zero-order valence-electron chi connectivity index (χ0n) is 6.80. The highest BCUT2D eigenvalue weighted by atomic mass is 35.5. The first kappa shape index (κ1) is 9.29. The quantitative estimate of drug-likeness (QED) is 0.735. The Hall–Kier alpha value is -0.800. The second-order valence-corrected chi connectivity index (χ2v) is 3.05. The summed E-state index contributed by atoms with van der Waals surface area (Å²) in [7, 11) is 0. The van der Waals surface area contributed by atoms with Crippen LogP contribution in [0.25, 0.3) is 0 Å². The van der Waals surface area contributed by atoms with E-state index in [1.54, 1.807) is 6.07 Å². The van der Waals surface area contributed by atoms with E-state index in [-0.39, 0.29) is 11.6 Å². The number of halogens is 1. The van der Waals surface area contributed by atoms with E-state index in [1.165, 1.54) is 6.20 Å². The van der Waals surface area contributed by atoms with E-state index >= 15 is 0 Å². The fourth-order valence-electron chi connectivity index (χ4n) is 0.969. The lowest BCUT2D eigenvalue weighted by Crippen LogP contribution is -2.20. The van der Waals surface area contributed by atoms with Crippen LogP contribution in [0.5, 0.6) is 0 Å². The first-order chi connectivity index (χ1) is 5.65. The molecule has 0 aliphatic rings. The summed E-state index contributed by atoms with van der Waals surface area (Å²) in [5, 5.41) is 0.508. The number of aromatic nitrogens is 1. The predicted octanol–water partition coefficient (Wildman–Crippen LogP) is 1.44. The van der Waals surface area contributed by atoms with Crippen molar-refractivity contribution in [3.8, 4) is 0 Å². The van der Waals surface area contributed by atoms with Crippen molar-refractivity contribution >= 4 is 11.6 Å². The molecular formula is C8H11ClN2O. The molecule has 0 amide bonds. The summed E-state index contributed by atoms with van der Waals surface area (Å²) in [6.45, 7) is 1.92. The summed E-state index contributed by atoms with van der Waals surface area (Å²) in [5.74, 6) is 0. The average molecular weight is 187 g/mol. The molecule has 1 heterocycles. The van der Waals surface area contributed by atoms with Gasteiger partial charge in [0.1, 0.15) is 0 Å². The number of hydrogen-bond donors (Lipinski definition) is 2. The molecule has 0 saturated heterocycles. The van der Waals surface area contributed by atoms with E-state index in [0.717, 1.165) is 6.42 Å². The van der Waals surface area contributed by atoms with E-state index in [0.29, 0.717) is 10.6 Å². The molecule has 3 N–H and O–H groups in total. The van der Waals surface area contributed by atoms with Crippen LogP contribution in [0.3, 0.4) is 0 Å². The van der Waals surface area contributed by atoms with Gasteiger partial charge in [-0.15, -0.1) is 0 Å². The Morgan fingerprint density at radius 2 is 2.42 bits per heavy atom. The van der Waals surface area contributed by atoms with Crippen molar-refractivity contribution in [3.63, 3.8) is 0 Å². The van der Waals surface area contributed by atoms with Gasteiger partial charge in [-0.25, -0.2) is 0 Å². The number of nitrogens with one attached hydrogen (secondary N) is 1. The van der Waals surface area contributed by atoms with Gasteiger partial charge in [0.2, 0.25) is 0 Å². The Kier molecular flexibility index (Phi) is 2.89. The van der Waals surface area contributed by atoms with Crippen LogP contribution in [0, 0.1) is 0 Å². The molecule has 0 fully saturated rings. The number of pyridine rings is 1. The zero-order valence-corrected chi connectivity index (χ0v) is 7.56. The van der Waals surface area contributed by atoms with Gasteiger partial charge in [0, 0.05) is 17.8 Å². The number of H-pyrrole nitrogens is 1. The lowest BCUT2D eigenvalue weighted by atomic mass is 10.1. The highest BCUT2D eigenvalue weighted by Gasteiger charge is 2.07. The molecule has 1 unspecified atom stereocenters. The molecule has 1 aromatic heterocycles. The van der Waals surface area contributed by atoms with Crippen LogP contribution in [0.4, 0.5) is 0 Å². The summed E-state index contributed by atoms with van der Waals surface area (Å²) < 4.78 is 0. The third-order valence-electron chi connectivity index (χ3n) is 1.74. The molecule has 4 heteroatoms. The molecule has 0 saturated carbocycles. The van der Waals surface area contributed by atoms with Gasteiger partial charge in [-0.05, 0) is 12.5 Å². The zero-order chi connectivity index (χ0) is 9.14. The summed E-state index contributed by atoms with van der Waals surface area (Å²) in [4.78, 5) is 13.7. The van der Waals surface area contributed by atoms with E-state index in [1.807, 2.05) is 6.92 Å². The fraction of sp³-hybridized carbons (Fsp3) is 0.375. The average Bonchev–Trinajstić information content (AvgIpc) is 2.08. The van der Waals surface area contributed by atoms with Gasteiger partial charge >= 0.3 is 0 Å². The second-order valence-electron chi connectivity index (χ2n) is 2.62. The molecular weight excluding hydrogens is 176 g/mol. The first-order valence-corrected chi connectivity index (χ1v) is 4.16. The smallest absolute Gasteiger partial charge is 0.252 e. The third-order valence-corrected chi connectivity index (χ3v) is 1.95. The Bertz CT molecular complexity index is 321. The van der Waals surface area contributed by atoms with Crippen LogP contribution in [-0.2, 0) is 0 Å². The van der Waals surface area contributed by atoms with Crippen LogP contribution in [0.15, 0.2) is 17.1 Å². The first-order valence-electron chi connectivity index (χ1n) is 3.79. The van der Waals surface area contributed by atoms with E-state index in [4.69, 9.17) is 17.3 Å². The Balaban J connectivity index is 3.13. The number of rotatable bonds is 2. The largest absolute Gasteiger partial charge is 0.327 e. The van der Waals surface area contributed by atoms with E-state index in [9.17, 15) is 4.79 Å². The van der Waals surface area contributed by atoms with Crippen LogP contribution < -0.4 is 11.3 Å². The van der Waals surface area contributed by atoms with Crippen LogP contribution >= 0.6 is 11.6 Å². The van der Waals surface area contributed by atoms with Crippen molar-refractivity contribution in [2.45, 2.75) is 19.4 Å². The molecule has 3 nitrogen and oxygen atoms in total. The van der Waals surface area contributed by atoms with Crippen molar-refractivity contribution < 1.29 is 0 Å². The summed E-state index contributed by atoms with van der Waals surface area (Å²) >= 11 is 5.69. The van der Waals surface area contributed by atoms with Crippen molar-refractivity contribution in [3.05, 3.63) is 33.2 Å². The van der Waals surface area contributed by atoms with Gasteiger partial charge in [-0.3, -0.25) is 4.79 Å². The lowest BCUT2D eigenvalue weighted by Gasteiger charge is -2.06. The predicted molar refractivity (Wildman–Crippen MR) is 49.3 cm³/mol. The van der Waals surface area contributed by atoms with E-state index in [2.05, 4.69) is 4.98 Å². The lowest BCUT2D eigenvalue weighted by molar-refractivity contribution is 0.688. The summed E-state index contributed by atoms with van der Waals surface area (Å²) in [5.41, 5.74) is 6.07.